The summed E-state index contributed by atoms with van der Waals surface area (Å²) in [6.45, 7) is 0. The number of likely N-dealkylation sites (N-methyl/N-ethyl adjacent to an activating group) is 1. The molecule has 86 valence electrons. The number of methoxy groups -OCH3 is 1. The molecule has 1 atom stereocenters. The minimum Gasteiger partial charge on any atom is -0.376 e. The van der Waals surface area contributed by atoms with E-state index < -0.39 is 0 Å². The summed E-state index contributed by atoms with van der Waals surface area (Å²) in [6, 6.07) is 0.455. The fourth-order valence-corrected chi connectivity index (χ4v) is 3.05. The zero-order valence-corrected chi connectivity index (χ0v) is 10.0. The van der Waals surface area contributed by atoms with Crippen LogP contribution in [0.2, 0.25) is 0 Å². The zero-order chi connectivity index (χ0) is 10.7. The lowest BCUT2D eigenvalue weighted by Gasteiger charge is -2.47. The summed E-state index contributed by atoms with van der Waals surface area (Å²) in [5, 5.41) is 3.47. The maximum atomic E-state index is 5.78. The SMILES string of the molecule is CNC(C1=CCCCC1)C1(OC)CCC1. The second-order valence-electron chi connectivity index (χ2n) is 4.87. The highest BCUT2D eigenvalue weighted by atomic mass is 16.5. The van der Waals surface area contributed by atoms with Crippen LogP contribution in [0, 0.1) is 0 Å². The molecule has 0 aliphatic heterocycles. The maximum absolute atomic E-state index is 5.78. The molecular formula is C13H23NO. The maximum Gasteiger partial charge on any atom is 0.0869 e. The van der Waals surface area contributed by atoms with Crippen LogP contribution in [-0.2, 0) is 4.74 Å². The number of rotatable bonds is 4. The van der Waals surface area contributed by atoms with Gasteiger partial charge in [0, 0.05) is 7.11 Å². The Morgan fingerprint density at radius 1 is 1.33 bits per heavy atom. The van der Waals surface area contributed by atoms with Crippen molar-refractivity contribution in [1.82, 2.24) is 5.32 Å². The van der Waals surface area contributed by atoms with Crippen LogP contribution in [0.3, 0.4) is 0 Å². The quantitative estimate of drug-likeness (QED) is 0.719. The highest BCUT2D eigenvalue weighted by Crippen LogP contribution is 2.41. The zero-order valence-electron chi connectivity index (χ0n) is 10.0. The minimum atomic E-state index is 0.109. The Kier molecular flexibility index (Phi) is 3.47. The Morgan fingerprint density at radius 3 is 2.53 bits per heavy atom. The molecule has 2 rings (SSSR count). The molecule has 0 saturated heterocycles. The molecule has 0 amide bonds. The van der Waals surface area contributed by atoms with Gasteiger partial charge in [-0.25, -0.2) is 0 Å². The van der Waals surface area contributed by atoms with E-state index in [0.717, 1.165) is 0 Å². The monoisotopic (exact) mass is 209 g/mol. The molecule has 0 aromatic heterocycles. The lowest BCUT2D eigenvalue weighted by Crippen LogP contribution is -2.56. The standard InChI is InChI=1S/C13H23NO/c1-14-12(11-7-4-3-5-8-11)13(15-2)9-6-10-13/h7,12,14H,3-6,8-10H2,1-2H3. The number of hydrogen-bond acceptors (Lipinski definition) is 2. The molecule has 0 spiro atoms. The van der Waals surface area contributed by atoms with E-state index in [2.05, 4.69) is 18.4 Å². The predicted octanol–water partition coefficient (Wildman–Crippen LogP) is 2.64. The van der Waals surface area contributed by atoms with Crippen LogP contribution in [-0.4, -0.2) is 25.8 Å². The first-order valence-electron chi connectivity index (χ1n) is 6.24. The van der Waals surface area contributed by atoms with Gasteiger partial charge in [-0.3, -0.25) is 0 Å². The Balaban J connectivity index is 2.11. The summed E-state index contributed by atoms with van der Waals surface area (Å²) in [5.74, 6) is 0. The Labute approximate surface area is 93.1 Å². The molecule has 1 N–H and O–H groups in total. The van der Waals surface area contributed by atoms with Crippen LogP contribution in [0.1, 0.15) is 44.9 Å². The average Bonchev–Trinajstić information content (AvgIpc) is 2.24. The number of hydrogen-bond donors (Lipinski definition) is 1. The molecule has 0 heterocycles. The fourth-order valence-electron chi connectivity index (χ4n) is 3.05. The normalized spacial score (nSPS) is 26.7. The highest BCUT2D eigenvalue weighted by molar-refractivity contribution is 5.21. The smallest absolute Gasteiger partial charge is 0.0869 e. The Hall–Kier alpha value is -0.340. The summed E-state index contributed by atoms with van der Waals surface area (Å²) < 4.78 is 5.78. The number of allylic oxidation sites excluding steroid dienone is 1. The van der Waals surface area contributed by atoms with Crippen molar-refractivity contribution in [3.63, 3.8) is 0 Å². The van der Waals surface area contributed by atoms with Crippen LogP contribution in [0.15, 0.2) is 11.6 Å². The van der Waals surface area contributed by atoms with Crippen LogP contribution in [0.25, 0.3) is 0 Å². The van der Waals surface area contributed by atoms with Crippen molar-refractivity contribution in [2.75, 3.05) is 14.2 Å². The van der Waals surface area contributed by atoms with Gasteiger partial charge >= 0.3 is 0 Å². The Bertz CT molecular complexity index is 237. The first-order chi connectivity index (χ1) is 7.32. The lowest BCUT2D eigenvalue weighted by molar-refractivity contribution is -0.0892. The molecule has 0 aromatic rings. The summed E-state index contributed by atoms with van der Waals surface area (Å²) in [4.78, 5) is 0. The largest absolute Gasteiger partial charge is 0.376 e. The number of nitrogens with one attached hydrogen (secondary N) is 1. The molecule has 2 aliphatic rings. The van der Waals surface area contributed by atoms with Crippen molar-refractivity contribution in [3.8, 4) is 0 Å². The van der Waals surface area contributed by atoms with Crippen LogP contribution in [0.5, 0.6) is 0 Å². The third-order valence-corrected chi connectivity index (χ3v) is 4.12. The Morgan fingerprint density at radius 2 is 2.13 bits per heavy atom. The van der Waals surface area contributed by atoms with Gasteiger partial charge in [-0.2, -0.15) is 0 Å². The van der Waals surface area contributed by atoms with Gasteiger partial charge < -0.3 is 10.1 Å². The molecule has 2 heteroatoms. The fraction of sp³-hybridized carbons (Fsp3) is 0.846. The van der Waals surface area contributed by atoms with Crippen molar-refractivity contribution >= 4 is 0 Å². The molecule has 2 aliphatic carbocycles. The predicted molar refractivity (Wildman–Crippen MR) is 63.0 cm³/mol. The molecular weight excluding hydrogens is 186 g/mol. The first-order valence-corrected chi connectivity index (χ1v) is 6.24. The summed E-state index contributed by atoms with van der Waals surface area (Å²) in [7, 11) is 3.94. The lowest BCUT2D eigenvalue weighted by atomic mass is 9.70. The highest BCUT2D eigenvalue weighted by Gasteiger charge is 2.45. The van der Waals surface area contributed by atoms with E-state index in [0.29, 0.717) is 6.04 Å². The summed E-state index contributed by atoms with van der Waals surface area (Å²) >= 11 is 0. The molecule has 1 saturated carbocycles. The third kappa shape index (κ3) is 1.98. The first kappa shape index (κ1) is 11.2. The molecule has 2 nitrogen and oxygen atoms in total. The molecule has 0 radical (unpaired) electrons. The van der Waals surface area contributed by atoms with Gasteiger partial charge in [0.15, 0.2) is 0 Å². The van der Waals surface area contributed by atoms with Crippen molar-refractivity contribution in [2.24, 2.45) is 0 Å². The van der Waals surface area contributed by atoms with Crippen molar-refractivity contribution in [3.05, 3.63) is 11.6 Å². The van der Waals surface area contributed by atoms with Gasteiger partial charge in [0.1, 0.15) is 0 Å². The van der Waals surface area contributed by atoms with E-state index >= 15 is 0 Å². The van der Waals surface area contributed by atoms with Crippen molar-refractivity contribution < 1.29 is 4.74 Å². The third-order valence-electron chi connectivity index (χ3n) is 4.12. The van der Waals surface area contributed by atoms with Crippen LogP contribution < -0.4 is 5.32 Å². The second-order valence-corrected chi connectivity index (χ2v) is 4.87. The summed E-state index contributed by atoms with van der Waals surface area (Å²) in [5.41, 5.74) is 1.70. The number of ether oxygens (including phenoxy) is 1. The van der Waals surface area contributed by atoms with E-state index in [1.54, 1.807) is 5.57 Å². The molecule has 0 aromatic carbocycles. The van der Waals surface area contributed by atoms with E-state index in [1.807, 2.05) is 7.11 Å². The topological polar surface area (TPSA) is 21.3 Å². The van der Waals surface area contributed by atoms with Crippen molar-refractivity contribution in [2.45, 2.75) is 56.6 Å². The average molecular weight is 209 g/mol. The van der Waals surface area contributed by atoms with Gasteiger partial charge in [0.25, 0.3) is 0 Å². The minimum absolute atomic E-state index is 0.109. The van der Waals surface area contributed by atoms with E-state index in [9.17, 15) is 0 Å². The molecule has 0 bridgehead atoms. The van der Waals surface area contributed by atoms with Gasteiger partial charge in [0.2, 0.25) is 0 Å². The molecule has 1 unspecified atom stereocenters. The van der Waals surface area contributed by atoms with Gasteiger partial charge in [-0.15, -0.1) is 0 Å². The van der Waals surface area contributed by atoms with E-state index in [1.165, 1.54) is 44.9 Å². The summed E-state index contributed by atoms with van der Waals surface area (Å²) in [6.07, 6.45) is 11.4. The van der Waals surface area contributed by atoms with Gasteiger partial charge in [-0.05, 0) is 52.0 Å². The van der Waals surface area contributed by atoms with Gasteiger partial charge in [0.05, 0.1) is 11.6 Å². The van der Waals surface area contributed by atoms with Crippen LogP contribution in [0.4, 0.5) is 0 Å². The van der Waals surface area contributed by atoms with Crippen molar-refractivity contribution in [1.29, 1.82) is 0 Å². The van der Waals surface area contributed by atoms with E-state index in [-0.39, 0.29) is 5.60 Å². The van der Waals surface area contributed by atoms with E-state index in [4.69, 9.17) is 4.74 Å². The van der Waals surface area contributed by atoms with Crippen LogP contribution >= 0.6 is 0 Å². The second kappa shape index (κ2) is 4.67. The van der Waals surface area contributed by atoms with Gasteiger partial charge in [-0.1, -0.05) is 11.6 Å². The molecule has 15 heavy (non-hydrogen) atoms. The molecule has 1 fully saturated rings.